The molecule has 1 aliphatic heterocycles. The first-order chi connectivity index (χ1) is 4.20. The lowest BCUT2D eigenvalue weighted by Crippen LogP contribution is -2.09. The first-order valence-electron chi connectivity index (χ1n) is 3.03. The van der Waals surface area contributed by atoms with E-state index in [2.05, 4.69) is 0 Å². The molecular formula is C6H10O3. The SMILES string of the molecule is C[C@H](CC(=O)O)[C@H]1CO1. The maximum atomic E-state index is 10.1. The molecule has 1 heterocycles. The quantitative estimate of drug-likeness (QED) is 0.566. The van der Waals surface area contributed by atoms with Gasteiger partial charge >= 0.3 is 5.97 Å². The molecule has 0 aromatic carbocycles. The van der Waals surface area contributed by atoms with Crippen LogP contribution >= 0.6 is 0 Å². The number of epoxide rings is 1. The Bertz CT molecular complexity index is 117. The van der Waals surface area contributed by atoms with Crippen molar-refractivity contribution >= 4 is 5.97 Å². The normalized spacial score (nSPS) is 27.4. The van der Waals surface area contributed by atoms with Gasteiger partial charge in [0.25, 0.3) is 0 Å². The van der Waals surface area contributed by atoms with Crippen molar-refractivity contribution in [1.29, 1.82) is 0 Å². The summed E-state index contributed by atoms with van der Waals surface area (Å²) in [6.45, 7) is 2.64. The molecule has 0 aromatic rings. The predicted octanol–water partition coefficient (Wildman–Crippen LogP) is 0.496. The van der Waals surface area contributed by atoms with Gasteiger partial charge in [0.15, 0.2) is 0 Å². The summed E-state index contributed by atoms with van der Waals surface area (Å²) in [6, 6.07) is 0. The van der Waals surface area contributed by atoms with E-state index in [4.69, 9.17) is 9.84 Å². The summed E-state index contributed by atoms with van der Waals surface area (Å²) in [7, 11) is 0. The minimum absolute atomic E-state index is 0.183. The summed E-state index contributed by atoms with van der Waals surface area (Å²) >= 11 is 0. The highest BCUT2D eigenvalue weighted by Crippen LogP contribution is 2.21. The molecule has 1 aliphatic rings. The van der Waals surface area contributed by atoms with Crippen LogP contribution < -0.4 is 0 Å². The Morgan fingerprint density at radius 3 is 2.89 bits per heavy atom. The van der Waals surface area contributed by atoms with Gasteiger partial charge in [0, 0.05) is 0 Å². The first kappa shape index (κ1) is 6.55. The van der Waals surface area contributed by atoms with Crippen molar-refractivity contribution in [3.05, 3.63) is 0 Å². The molecular weight excluding hydrogens is 120 g/mol. The lowest BCUT2D eigenvalue weighted by atomic mass is 10.1. The average Bonchev–Trinajstić information content (AvgIpc) is 2.40. The van der Waals surface area contributed by atoms with Gasteiger partial charge in [-0.05, 0) is 5.92 Å². The molecule has 0 amide bonds. The molecule has 3 nitrogen and oxygen atoms in total. The summed E-state index contributed by atoms with van der Waals surface area (Å²) in [5, 5.41) is 8.30. The van der Waals surface area contributed by atoms with E-state index in [1.807, 2.05) is 6.92 Å². The first-order valence-corrected chi connectivity index (χ1v) is 3.03. The topological polar surface area (TPSA) is 49.8 Å². The molecule has 52 valence electrons. The number of carbonyl (C=O) groups is 1. The molecule has 1 rings (SSSR count). The van der Waals surface area contributed by atoms with E-state index >= 15 is 0 Å². The molecule has 2 atom stereocenters. The second-order valence-electron chi connectivity index (χ2n) is 2.45. The lowest BCUT2D eigenvalue weighted by Gasteiger charge is -2.00. The summed E-state index contributed by atoms with van der Waals surface area (Å²) in [5.41, 5.74) is 0. The van der Waals surface area contributed by atoms with Crippen LogP contribution in [-0.2, 0) is 9.53 Å². The minimum atomic E-state index is -0.738. The van der Waals surface area contributed by atoms with Gasteiger partial charge < -0.3 is 9.84 Å². The monoisotopic (exact) mass is 130 g/mol. The summed E-state index contributed by atoms with van der Waals surface area (Å²) in [5.74, 6) is -0.555. The van der Waals surface area contributed by atoms with Crippen LogP contribution in [0.5, 0.6) is 0 Å². The van der Waals surface area contributed by atoms with Crippen LogP contribution in [-0.4, -0.2) is 23.8 Å². The average molecular weight is 130 g/mol. The molecule has 0 spiro atoms. The van der Waals surface area contributed by atoms with E-state index in [0.717, 1.165) is 6.61 Å². The Morgan fingerprint density at radius 2 is 2.56 bits per heavy atom. The predicted molar refractivity (Wildman–Crippen MR) is 31.2 cm³/mol. The van der Waals surface area contributed by atoms with Gasteiger partial charge in [0.1, 0.15) is 0 Å². The molecule has 1 saturated heterocycles. The third-order valence-corrected chi connectivity index (χ3v) is 1.49. The Labute approximate surface area is 53.6 Å². The van der Waals surface area contributed by atoms with E-state index in [1.54, 1.807) is 0 Å². The molecule has 0 aromatic heterocycles. The summed E-state index contributed by atoms with van der Waals surface area (Å²) in [6.07, 6.45) is 0.450. The van der Waals surface area contributed by atoms with Crippen molar-refractivity contribution in [2.75, 3.05) is 6.61 Å². The molecule has 1 N–H and O–H groups in total. The fourth-order valence-corrected chi connectivity index (χ4v) is 0.791. The Kier molecular flexibility index (Phi) is 1.71. The Morgan fingerprint density at radius 1 is 2.00 bits per heavy atom. The molecule has 0 saturated carbocycles. The van der Waals surface area contributed by atoms with Crippen LogP contribution in [0.2, 0.25) is 0 Å². The minimum Gasteiger partial charge on any atom is -0.481 e. The van der Waals surface area contributed by atoms with E-state index < -0.39 is 5.97 Å². The van der Waals surface area contributed by atoms with Gasteiger partial charge in [-0.1, -0.05) is 6.92 Å². The second-order valence-corrected chi connectivity index (χ2v) is 2.45. The van der Waals surface area contributed by atoms with Gasteiger partial charge in [0.05, 0.1) is 19.1 Å². The van der Waals surface area contributed by atoms with Gasteiger partial charge in [-0.2, -0.15) is 0 Å². The van der Waals surface area contributed by atoms with Crippen LogP contribution in [0.25, 0.3) is 0 Å². The van der Waals surface area contributed by atoms with E-state index in [0.29, 0.717) is 0 Å². The maximum Gasteiger partial charge on any atom is 0.303 e. The van der Waals surface area contributed by atoms with Crippen molar-refractivity contribution in [2.24, 2.45) is 5.92 Å². The number of carboxylic acids is 1. The number of hydrogen-bond acceptors (Lipinski definition) is 2. The lowest BCUT2D eigenvalue weighted by molar-refractivity contribution is -0.138. The zero-order chi connectivity index (χ0) is 6.85. The molecule has 1 fully saturated rings. The highest BCUT2D eigenvalue weighted by molar-refractivity contribution is 5.67. The van der Waals surface area contributed by atoms with Crippen molar-refractivity contribution < 1.29 is 14.6 Å². The Hall–Kier alpha value is -0.570. The van der Waals surface area contributed by atoms with Crippen molar-refractivity contribution in [3.8, 4) is 0 Å². The number of carboxylic acid groups (broad SMARTS) is 1. The number of hydrogen-bond donors (Lipinski definition) is 1. The summed E-state index contributed by atoms with van der Waals surface area (Å²) < 4.78 is 4.91. The van der Waals surface area contributed by atoms with Crippen LogP contribution in [0, 0.1) is 5.92 Å². The molecule has 0 radical (unpaired) electrons. The highest BCUT2D eigenvalue weighted by Gasteiger charge is 2.30. The van der Waals surface area contributed by atoms with Crippen molar-refractivity contribution in [2.45, 2.75) is 19.4 Å². The second kappa shape index (κ2) is 2.35. The molecule has 0 unspecified atom stereocenters. The third kappa shape index (κ3) is 2.01. The van der Waals surface area contributed by atoms with Crippen LogP contribution in [0.1, 0.15) is 13.3 Å². The largest absolute Gasteiger partial charge is 0.481 e. The number of ether oxygens (including phenoxy) is 1. The van der Waals surface area contributed by atoms with E-state index in [9.17, 15) is 4.79 Å². The molecule has 3 heteroatoms. The fourth-order valence-electron chi connectivity index (χ4n) is 0.791. The van der Waals surface area contributed by atoms with Gasteiger partial charge in [-0.15, -0.1) is 0 Å². The number of aliphatic carboxylic acids is 1. The van der Waals surface area contributed by atoms with Crippen molar-refractivity contribution in [1.82, 2.24) is 0 Å². The van der Waals surface area contributed by atoms with E-state index in [1.165, 1.54) is 0 Å². The summed E-state index contributed by atoms with van der Waals surface area (Å²) in [4.78, 5) is 10.1. The highest BCUT2D eigenvalue weighted by atomic mass is 16.6. The molecule has 0 aliphatic carbocycles. The van der Waals surface area contributed by atoms with Crippen LogP contribution in [0.4, 0.5) is 0 Å². The van der Waals surface area contributed by atoms with Gasteiger partial charge in [0.2, 0.25) is 0 Å². The molecule has 9 heavy (non-hydrogen) atoms. The smallest absolute Gasteiger partial charge is 0.303 e. The standard InChI is InChI=1S/C6H10O3/c1-4(2-6(7)8)5-3-9-5/h4-5H,2-3H2,1H3,(H,7,8)/t4-,5-/m1/s1. The van der Waals surface area contributed by atoms with E-state index in [-0.39, 0.29) is 18.4 Å². The van der Waals surface area contributed by atoms with Gasteiger partial charge in [-0.3, -0.25) is 4.79 Å². The zero-order valence-corrected chi connectivity index (χ0v) is 5.33. The van der Waals surface area contributed by atoms with Crippen LogP contribution in [0.3, 0.4) is 0 Å². The fraction of sp³-hybridized carbons (Fsp3) is 0.833. The zero-order valence-electron chi connectivity index (χ0n) is 5.33. The number of rotatable bonds is 3. The van der Waals surface area contributed by atoms with Crippen LogP contribution in [0.15, 0.2) is 0 Å². The van der Waals surface area contributed by atoms with Crippen molar-refractivity contribution in [3.63, 3.8) is 0 Å². The van der Waals surface area contributed by atoms with Gasteiger partial charge in [-0.25, -0.2) is 0 Å². The maximum absolute atomic E-state index is 10.1. The third-order valence-electron chi connectivity index (χ3n) is 1.49. The Balaban J connectivity index is 2.17. The molecule has 0 bridgehead atoms.